The highest BCUT2D eigenvalue weighted by Crippen LogP contribution is 2.31. The quantitative estimate of drug-likeness (QED) is 0.308. The van der Waals surface area contributed by atoms with Gasteiger partial charge in [-0.25, -0.2) is 4.39 Å². The van der Waals surface area contributed by atoms with E-state index in [4.69, 9.17) is 32.7 Å². The van der Waals surface area contributed by atoms with E-state index in [1.165, 1.54) is 35.0 Å². The van der Waals surface area contributed by atoms with Gasteiger partial charge in [0, 0.05) is 43.3 Å². The minimum Gasteiger partial charge on any atom is -0.457 e. The standard InChI is InChI=1S/C29H24Cl2FN3O6/c1-33(14-17-6-7-18(30)12-25(17)41-19-8-9-23(31)24(32)13-19)28(38)29(39)34-10-11-40-20(15-34)16-35-26(36)21-4-2-3-5-22(21)27(35)37/h2-9,12-13,20H,10-11,14-16H2,1H3. The van der Waals surface area contributed by atoms with E-state index in [0.29, 0.717) is 21.7 Å². The lowest BCUT2D eigenvalue weighted by Crippen LogP contribution is -2.53. The number of rotatable bonds is 6. The van der Waals surface area contributed by atoms with Crippen LogP contribution in [0.2, 0.25) is 10.0 Å². The van der Waals surface area contributed by atoms with Crippen LogP contribution in [-0.2, 0) is 20.9 Å². The largest absolute Gasteiger partial charge is 0.457 e. The molecule has 3 aromatic rings. The smallest absolute Gasteiger partial charge is 0.312 e. The maximum absolute atomic E-state index is 13.9. The van der Waals surface area contributed by atoms with Crippen molar-refractivity contribution < 1.29 is 33.0 Å². The zero-order chi connectivity index (χ0) is 29.3. The van der Waals surface area contributed by atoms with E-state index in [1.54, 1.807) is 36.4 Å². The molecule has 0 radical (unpaired) electrons. The van der Waals surface area contributed by atoms with Gasteiger partial charge in [-0.05, 0) is 36.4 Å². The van der Waals surface area contributed by atoms with E-state index in [-0.39, 0.29) is 49.3 Å². The number of hydrogen-bond donors (Lipinski definition) is 0. The molecule has 3 aromatic carbocycles. The first kappa shape index (κ1) is 28.5. The van der Waals surface area contributed by atoms with E-state index in [2.05, 4.69) is 0 Å². The van der Waals surface area contributed by atoms with E-state index >= 15 is 0 Å². The fourth-order valence-corrected chi connectivity index (χ4v) is 4.95. The number of benzene rings is 3. The van der Waals surface area contributed by atoms with E-state index in [0.717, 1.165) is 11.0 Å². The molecule has 12 heteroatoms. The molecule has 2 heterocycles. The molecule has 1 saturated heterocycles. The highest BCUT2D eigenvalue weighted by atomic mass is 35.5. The lowest BCUT2D eigenvalue weighted by molar-refractivity contribution is -0.155. The van der Waals surface area contributed by atoms with Crippen molar-refractivity contribution in [3.63, 3.8) is 0 Å². The van der Waals surface area contributed by atoms with Gasteiger partial charge >= 0.3 is 11.8 Å². The molecule has 2 aliphatic rings. The predicted molar refractivity (Wildman–Crippen MR) is 148 cm³/mol. The Bertz CT molecular complexity index is 1520. The number of carbonyl (C=O) groups excluding carboxylic acids is 4. The van der Waals surface area contributed by atoms with Gasteiger partial charge in [0.2, 0.25) is 0 Å². The summed E-state index contributed by atoms with van der Waals surface area (Å²) in [4.78, 5) is 55.4. The van der Waals surface area contributed by atoms with E-state index in [9.17, 15) is 23.6 Å². The molecule has 0 spiro atoms. The van der Waals surface area contributed by atoms with Crippen LogP contribution in [0.15, 0.2) is 60.7 Å². The topological polar surface area (TPSA) is 96.5 Å². The normalized spacial score (nSPS) is 16.5. The highest BCUT2D eigenvalue weighted by Gasteiger charge is 2.38. The minimum atomic E-state index is -0.773. The number of amides is 4. The molecule has 0 bridgehead atoms. The van der Waals surface area contributed by atoms with Gasteiger partial charge in [0.1, 0.15) is 17.3 Å². The van der Waals surface area contributed by atoms with Crippen LogP contribution < -0.4 is 4.74 Å². The number of imide groups is 1. The second kappa shape index (κ2) is 11.9. The predicted octanol–water partition coefficient (Wildman–Crippen LogP) is 4.41. The molecule has 1 fully saturated rings. The Hall–Kier alpha value is -3.99. The summed E-state index contributed by atoms with van der Waals surface area (Å²) < 4.78 is 25.4. The van der Waals surface area contributed by atoms with Crippen LogP contribution in [0.1, 0.15) is 26.3 Å². The Balaban J connectivity index is 1.23. The molecule has 212 valence electrons. The molecule has 1 atom stereocenters. The number of carbonyl (C=O) groups is 4. The average molecular weight is 600 g/mol. The fraction of sp³-hybridized carbons (Fsp3) is 0.241. The number of halogens is 3. The van der Waals surface area contributed by atoms with Gasteiger partial charge in [-0.1, -0.05) is 41.4 Å². The van der Waals surface area contributed by atoms with Crippen LogP contribution in [-0.4, -0.2) is 77.7 Å². The first-order valence-electron chi connectivity index (χ1n) is 12.6. The van der Waals surface area contributed by atoms with Gasteiger partial charge in [-0.3, -0.25) is 24.1 Å². The lowest BCUT2D eigenvalue weighted by atomic mass is 10.1. The average Bonchev–Trinajstić information content (AvgIpc) is 3.20. The third-order valence-electron chi connectivity index (χ3n) is 6.78. The number of hydrogen-bond acceptors (Lipinski definition) is 6. The lowest BCUT2D eigenvalue weighted by Gasteiger charge is -2.34. The number of ether oxygens (including phenoxy) is 2. The van der Waals surface area contributed by atoms with Crippen molar-refractivity contribution in [2.45, 2.75) is 12.6 Å². The second-order valence-electron chi connectivity index (χ2n) is 9.60. The van der Waals surface area contributed by atoms with Crippen LogP contribution in [0.5, 0.6) is 11.5 Å². The Kier molecular flexibility index (Phi) is 8.25. The van der Waals surface area contributed by atoms with Crippen molar-refractivity contribution in [2.75, 3.05) is 33.3 Å². The Morgan fingerprint density at radius 2 is 1.76 bits per heavy atom. The number of morpholine rings is 1. The molecule has 4 amide bonds. The Morgan fingerprint density at radius 3 is 2.44 bits per heavy atom. The molecule has 9 nitrogen and oxygen atoms in total. The van der Waals surface area contributed by atoms with Crippen LogP contribution in [0.4, 0.5) is 4.39 Å². The van der Waals surface area contributed by atoms with Gasteiger partial charge in [0.15, 0.2) is 0 Å². The zero-order valence-corrected chi connectivity index (χ0v) is 23.3. The molecule has 2 aliphatic heterocycles. The number of fused-ring (bicyclic) bond motifs is 1. The van der Waals surface area contributed by atoms with Crippen molar-refractivity contribution >= 4 is 46.8 Å². The summed E-state index contributed by atoms with van der Waals surface area (Å²) in [5, 5.41) is 0.308. The molecule has 41 heavy (non-hydrogen) atoms. The highest BCUT2D eigenvalue weighted by molar-refractivity contribution is 6.35. The first-order chi connectivity index (χ1) is 19.6. The van der Waals surface area contributed by atoms with Crippen LogP contribution in [0, 0.1) is 5.82 Å². The van der Waals surface area contributed by atoms with Gasteiger partial charge in [0.05, 0.1) is 35.4 Å². The number of likely N-dealkylation sites (N-methyl/N-ethyl adjacent to an activating group) is 1. The van der Waals surface area contributed by atoms with Crippen molar-refractivity contribution in [2.24, 2.45) is 0 Å². The summed E-state index contributed by atoms with van der Waals surface area (Å²) >= 11 is 11.9. The molecule has 0 aromatic heterocycles. The van der Waals surface area contributed by atoms with Crippen molar-refractivity contribution in [1.29, 1.82) is 0 Å². The monoisotopic (exact) mass is 599 g/mol. The Morgan fingerprint density at radius 1 is 1.05 bits per heavy atom. The summed E-state index contributed by atoms with van der Waals surface area (Å²) in [6.45, 7) is 0.300. The third kappa shape index (κ3) is 6.04. The summed E-state index contributed by atoms with van der Waals surface area (Å²) in [6, 6.07) is 15.3. The molecular formula is C29H24Cl2FN3O6. The van der Waals surface area contributed by atoms with Crippen molar-refractivity contribution in [3.8, 4) is 11.5 Å². The Labute approximate surface area is 244 Å². The molecule has 0 N–H and O–H groups in total. The number of nitrogens with zero attached hydrogens (tertiary/aromatic N) is 3. The van der Waals surface area contributed by atoms with Crippen LogP contribution in [0.3, 0.4) is 0 Å². The van der Waals surface area contributed by atoms with E-state index < -0.39 is 35.5 Å². The minimum absolute atomic E-state index is 0.00401. The second-order valence-corrected chi connectivity index (χ2v) is 10.4. The summed E-state index contributed by atoms with van der Waals surface area (Å²) in [6.07, 6.45) is -0.649. The van der Waals surface area contributed by atoms with Gasteiger partial charge < -0.3 is 19.3 Å². The summed E-state index contributed by atoms with van der Waals surface area (Å²) in [7, 11) is 1.47. The molecule has 0 aliphatic carbocycles. The maximum Gasteiger partial charge on any atom is 0.312 e. The van der Waals surface area contributed by atoms with E-state index in [1.807, 2.05) is 0 Å². The third-order valence-corrected chi connectivity index (χ3v) is 7.32. The molecule has 5 rings (SSSR count). The van der Waals surface area contributed by atoms with Crippen LogP contribution in [0.25, 0.3) is 0 Å². The van der Waals surface area contributed by atoms with Crippen LogP contribution >= 0.6 is 23.2 Å². The zero-order valence-electron chi connectivity index (χ0n) is 21.8. The van der Waals surface area contributed by atoms with Crippen molar-refractivity contribution in [3.05, 3.63) is 93.2 Å². The molecule has 0 saturated carbocycles. The SMILES string of the molecule is CN(Cc1ccc(Cl)cc1Oc1ccc(Cl)c(F)c1)C(=O)C(=O)N1CCOC(CN2C(=O)c3ccccc3C2=O)C1. The molecular weight excluding hydrogens is 576 g/mol. The van der Waals surface area contributed by atoms with Gasteiger partial charge in [0.25, 0.3) is 11.8 Å². The first-order valence-corrected chi connectivity index (χ1v) is 13.4. The maximum atomic E-state index is 13.9. The fourth-order valence-electron chi connectivity index (χ4n) is 4.67. The van der Waals surface area contributed by atoms with Gasteiger partial charge in [-0.15, -0.1) is 0 Å². The molecule has 1 unspecified atom stereocenters. The van der Waals surface area contributed by atoms with Crippen molar-refractivity contribution in [1.82, 2.24) is 14.7 Å². The summed E-state index contributed by atoms with van der Waals surface area (Å²) in [5.41, 5.74) is 1.17. The summed E-state index contributed by atoms with van der Waals surface area (Å²) in [5.74, 6) is -2.56. The van der Waals surface area contributed by atoms with Gasteiger partial charge in [-0.2, -0.15) is 0 Å².